The van der Waals surface area contributed by atoms with E-state index in [1.807, 2.05) is 37.3 Å². The van der Waals surface area contributed by atoms with Crippen LogP contribution in [0.15, 0.2) is 78.9 Å². The first-order valence-electron chi connectivity index (χ1n) is 9.83. The minimum Gasteiger partial charge on any atom is -0.332 e. The van der Waals surface area contributed by atoms with Gasteiger partial charge in [0.1, 0.15) is 0 Å². The Morgan fingerprint density at radius 2 is 1.40 bits per heavy atom. The van der Waals surface area contributed by atoms with Crippen molar-refractivity contribution < 1.29 is 14.4 Å². The van der Waals surface area contributed by atoms with E-state index >= 15 is 0 Å². The van der Waals surface area contributed by atoms with Gasteiger partial charge in [-0.05, 0) is 24.1 Å². The molecule has 0 unspecified atom stereocenters. The monoisotopic (exact) mass is 400 g/mol. The summed E-state index contributed by atoms with van der Waals surface area (Å²) in [5, 5.41) is 2.86. The number of likely N-dealkylation sites (N-methyl/N-ethyl adjacent to an activating group) is 1. The van der Waals surface area contributed by atoms with E-state index in [2.05, 4.69) is 5.32 Å². The van der Waals surface area contributed by atoms with Gasteiger partial charge in [0.25, 0.3) is 5.91 Å². The molecule has 5 heteroatoms. The highest BCUT2D eigenvalue weighted by Crippen LogP contribution is 2.18. The molecule has 0 atom stereocenters. The van der Waals surface area contributed by atoms with E-state index in [0.29, 0.717) is 11.1 Å². The predicted octanol–water partition coefficient (Wildman–Crippen LogP) is 4.19. The molecular formula is C25H24N2O3. The smallest absolute Gasteiger partial charge is 0.254 e. The Morgan fingerprint density at radius 3 is 2.10 bits per heavy atom. The molecule has 0 heterocycles. The van der Waals surface area contributed by atoms with Crippen molar-refractivity contribution in [2.75, 3.05) is 18.9 Å². The van der Waals surface area contributed by atoms with Gasteiger partial charge in [-0.25, -0.2) is 0 Å². The van der Waals surface area contributed by atoms with Crippen LogP contribution in [-0.4, -0.2) is 36.1 Å². The Labute approximate surface area is 176 Å². The summed E-state index contributed by atoms with van der Waals surface area (Å²) >= 11 is 0. The van der Waals surface area contributed by atoms with Crippen molar-refractivity contribution in [3.8, 4) is 0 Å². The first kappa shape index (κ1) is 21.0. The van der Waals surface area contributed by atoms with Crippen molar-refractivity contribution in [3.05, 3.63) is 101 Å². The van der Waals surface area contributed by atoms with Gasteiger partial charge in [-0.3, -0.25) is 14.4 Å². The van der Waals surface area contributed by atoms with Gasteiger partial charge in [-0.2, -0.15) is 0 Å². The Balaban J connectivity index is 1.75. The van der Waals surface area contributed by atoms with Crippen molar-refractivity contribution in [1.29, 1.82) is 0 Å². The lowest BCUT2D eigenvalue weighted by Crippen LogP contribution is -2.35. The third-order valence-electron chi connectivity index (χ3n) is 4.84. The van der Waals surface area contributed by atoms with Gasteiger partial charge < -0.3 is 10.2 Å². The fourth-order valence-corrected chi connectivity index (χ4v) is 3.25. The van der Waals surface area contributed by atoms with Gasteiger partial charge in [0, 0.05) is 23.9 Å². The number of nitrogens with one attached hydrogen (secondary N) is 1. The number of hydrogen-bond acceptors (Lipinski definition) is 3. The highest BCUT2D eigenvalue weighted by molar-refractivity contribution is 6.15. The van der Waals surface area contributed by atoms with Crippen molar-refractivity contribution in [2.45, 2.75) is 13.3 Å². The normalized spacial score (nSPS) is 10.3. The van der Waals surface area contributed by atoms with E-state index in [4.69, 9.17) is 0 Å². The fourth-order valence-electron chi connectivity index (χ4n) is 3.25. The van der Waals surface area contributed by atoms with E-state index in [-0.39, 0.29) is 29.7 Å². The standard InChI is InChI=1S/C25H24N2O3/c1-3-18-11-7-10-16-22(18)26-23(28)17-27(2)25(30)21-15-9-8-14-20(21)24(29)19-12-5-4-6-13-19/h4-16H,3,17H2,1-2H3,(H,26,28). The molecule has 0 saturated carbocycles. The maximum atomic E-state index is 13.0. The number of ketones is 1. The number of para-hydroxylation sites is 1. The summed E-state index contributed by atoms with van der Waals surface area (Å²) in [5.74, 6) is -0.901. The van der Waals surface area contributed by atoms with Gasteiger partial charge in [0.2, 0.25) is 5.91 Å². The zero-order valence-electron chi connectivity index (χ0n) is 17.1. The molecule has 0 saturated heterocycles. The molecular weight excluding hydrogens is 376 g/mol. The summed E-state index contributed by atoms with van der Waals surface area (Å²) in [6, 6.07) is 23.1. The lowest BCUT2D eigenvalue weighted by Gasteiger charge is -2.19. The van der Waals surface area contributed by atoms with E-state index in [1.54, 1.807) is 55.6 Å². The zero-order chi connectivity index (χ0) is 21.5. The average Bonchev–Trinajstić information content (AvgIpc) is 2.79. The molecule has 152 valence electrons. The number of nitrogens with zero attached hydrogens (tertiary/aromatic N) is 1. The highest BCUT2D eigenvalue weighted by Gasteiger charge is 2.22. The molecule has 0 bridgehead atoms. The van der Waals surface area contributed by atoms with Crippen LogP contribution >= 0.6 is 0 Å². The Hall–Kier alpha value is -3.73. The number of rotatable bonds is 7. The third-order valence-corrected chi connectivity index (χ3v) is 4.84. The summed E-state index contributed by atoms with van der Waals surface area (Å²) in [4.78, 5) is 39.7. The molecule has 3 rings (SSSR count). The predicted molar refractivity (Wildman–Crippen MR) is 118 cm³/mol. The molecule has 0 spiro atoms. The molecule has 1 N–H and O–H groups in total. The van der Waals surface area contributed by atoms with Crippen LogP contribution in [0.4, 0.5) is 5.69 Å². The van der Waals surface area contributed by atoms with Crippen LogP contribution in [0.5, 0.6) is 0 Å². The van der Waals surface area contributed by atoms with E-state index in [9.17, 15) is 14.4 Å². The average molecular weight is 400 g/mol. The number of amides is 2. The highest BCUT2D eigenvalue weighted by atomic mass is 16.2. The zero-order valence-corrected chi connectivity index (χ0v) is 17.1. The molecule has 0 aliphatic heterocycles. The van der Waals surface area contributed by atoms with Crippen molar-refractivity contribution in [3.63, 3.8) is 0 Å². The second kappa shape index (κ2) is 9.65. The van der Waals surface area contributed by atoms with Gasteiger partial charge in [0.15, 0.2) is 5.78 Å². The van der Waals surface area contributed by atoms with Crippen LogP contribution in [-0.2, 0) is 11.2 Å². The van der Waals surface area contributed by atoms with Crippen LogP contribution in [0.1, 0.15) is 38.8 Å². The van der Waals surface area contributed by atoms with Gasteiger partial charge in [-0.1, -0.05) is 73.7 Å². The minimum atomic E-state index is -0.381. The van der Waals surface area contributed by atoms with Crippen molar-refractivity contribution in [1.82, 2.24) is 4.90 Å². The maximum Gasteiger partial charge on any atom is 0.254 e. The topological polar surface area (TPSA) is 66.5 Å². The number of carbonyl (C=O) groups excluding carboxylic acids is 3. The largest absolute Gasteiger partial charge is 0.332 e. The third kappa shape index (κ3) is 4.81. The summed E-state index contributed by atoms with van der Waals surface area (Å²) < 4.78 is 0. The number of hydrogen-bond donors (Lipinski definition) is 1. The molecule has 0 aliphatic rings. The number of aryl methyl sites for hydroxylation is 1. The number of benzene rings is 3. The van der Waals surface area contributed by atoms with Gasteiger partial charge >= 0.3 is 0 Å². The lowest BCUT2D eigenvalue weighted by atomic mass is 9.97. The second-order valence-electron chi connectivity index (χ2n) is 6.96. The van der Waals surface area contributed by atoms with Gasteiger partial charge in [-0.15, -0.1) is 0 Å². The number of carbonyl (C=O) groups is 3. The molecule has 0 aromatic heterocycles. The van der Waals surface area contributed by atoms with E-state index in [1.165, 1.54) is 4.90 Å². The SMILES string of the molecule is CCc1ccccc1NC(=O)CN(C)C(=O)c1ccccc1C(=O)c1ccccc1. The van der Waals surface area contributed by atoms with Crippen LogP contribution in [0.25, 0.3) is 0 Å². The van der Waals surface area contributed by atoms with Crippen LogP contribution in [0.3, 0.4) is 0 Å². The first-order valence-corrected chi connectivity index (χ1v) is 9.83. The molecule has 5 nitrogen and oxygen atoms in total. The molecule has 3 aromatic carbocycles. The van der Waals surface area contributed by atoms with Crippen LogP contribution < -0.4 is 5.32 Å². The Morgan fingerprint density at radius 1 is 0.800 bits per heavy atom. The fraction of sp³-hybridized carbons (Fsp3) is 0.160. The Bertz CT molecular complexity index is 1060. The molecule has 2 amide bonds. The van der Waals surface area contributed by atoms with Crippen LogP contribution in [0.2, 0.25) is 0 Å². The second-order valence-corrected chi connectivity index (χ2v) is 6.96. The van der Waals surface area contributed by atoms with Gasteiger partial charge in [0.05, 0.1) is 12.1 Å². The molecule has 30 heavy (non-hydrogen) atoms. The van der Waals surface area contributed by atoms with Crippen LogP contribution in [0, 0.1) is 0 Å². The first-order chi connectivity index (χ1) is 14.5. The summed E-state index contributed by atoms with van der Waals surface area (Å²) in [6.07, 6.45) is 0.792. The Kier molecular flexibility index (Phi) is 6.75. The summed E-state index contributed by atoms with van der Waals surface area (Å²) in [6.45, 7) is 1.89. The summed E-state index contributed by atoms with van der Waals surface area (Å²) in [7, 11) is 1.55. The number of anilines is 1. The van der Waals surface area contributed by atoms with Crippen molar-refractivity contribution >= 4 is 23.3 Å². The quantitative estimate of drug-likeness (QED) is 0.605. The molecule has 0 aliphatic carbocycles. The van der Waals surface area contributed by atoms with E-state index < -0.39 is 0 Å². The molecule has 0 radical (unpaired) electrons. The van der Waals surface area contributed by atoms with Crippen molar-refractivity contribution in [2.24, 2.45) is 0 Å². The molecule has 3 aromatic rings. The lowest BCUT2D eigenvalue weighted by molar-refractivity contribution is -0.116. The molecule has 0 fully saturated rings. The maximum absolute atomic E-state index is 13.0. The summed E-state index contributed by atoms with van der Waals surface area (Å²) in [5.41, 5.74) is 2.87. The minimum absolute atomic E-state index is 0.120. The van der Waals surface area contributed by atoms with E-state index in [0.717, 1.165) is 17.7 Å².